The molecule has 0 spiro atoms. The van der Waals surface area contributed by atoms with E-state index < -0.39 is 27.4 Å². The van der Waals surface area contributed by atoms with Crippen LogP contribution in [-0.4, -0.2) is 60.9 Å². The summed E-state index contributed by atoms with van der Waals surface area (Å²) in [6.07, 6.45) is 1.01. The van der Waals surface area contributed by atoms with Crippen LogP contribution in [0.15, 0.2) is 48.5 Å². The van der Waals surface area contributed by atoms with E-state index in [-0.39, 0.29) is 32.0 Å². The number of amides is 2. The predicted octanol–water partition coefficient (Wildman–Crippen LogP) is 1.90. The Kier molecular flexibility index (Phi) is 7.38. The molecule has 3 rings (SSSR count). The second-order valence-corrected chi connectivity index (χ2v) is 10.2. The van der Waals surface area contributed by atoms with Crippen molar-refractivity contribution in [1.29, 1.82) is 0 Å². The minimum absolute atomic E-state index is 0.110. The first-order chi connectivity index (χ1) is 15.5. The van der Waals surface area contributed by atoms with Gasteiger partial charge in [0.05, 0.1) is 19.4 Å². The van der Waals surface area contributed by atoms with Gasteiger partial charge in [-0.1, -0.05) is 24.3 Å². The number of carbonyl (C=O) groups is 2. The minimum Gasteiger partial charge on any atom is -0.494 e. The zero-order valence-corrected chi connectivity index (χ0v) is 19.7. The maximum atomic E-state index is 13.3. The van der Waals surface area contributed by atoms with Gasteiger partial charge in [0.2, 0.25) is 21.8 Å². The summed E-state index contributed by atoms with van der Waals surface area (Å²) in [6, 6.07) is 12.8. The molecule has 0 radical (unpaired) electrons. The highest BCUT2D eigenvalue weighted by Crippen LogP contribution is 2.27. The van der Waals surface area contributed by atoms with Crippen molar-refractivity contribution < 1.29 is 27.1 Å². The predicted molar refractivity (Wildman–Crippen MR) is 121 cm³/mol. The van der Waals surface area contributed by atoms with Crippen molar-refractivity contribution in [3.63, 3.8) is 0 Å². The van der Waals surface area contributed by atoms with E-state index >= 15 is 0 Å². The molecule has 2 aromatic carbocycles. The number of sulfonamides is 1. The number of carbonyl (C=O) groups excluding carboxylic acids is 2. The molecule has 1 fully saturated rings. The maximum absolute atomic E-state index is 13.3. The summed E-state index contributed by atoms with van der Waals surface area (Å²) < 4.78 is 44.0. The standard InChI is InChI=1S/C23H28FN3O5S/c1-4-32-20-11-7-18(8-12-20)14-27-21(28)15-26(33(3,30)31)16-23(27,2)22(29)25-13-17-5-9-19(24)10-6-17/h5-12H,4,13-16H2,1-3H3,(H,25,29)/t23-/m0/s1. The number of hydrogen-bond donors (Lipinski definition) is 1. The average molecular weight is 478 g/mol. The molecule has 178 valence electrons. The van der Waals surface area contributed by atoms with Crippen LogP contribution in [0.3, 0.4) is 0 Å². The Hall–Kier alpha value is -2.98. The molecule has 1 N–H and O–H groups in total. The van der Waals surface area contributed by atoms with E-state index in [1.54, 1.807) is 43.3 Å². The molecular weight excluding hydrogens is 449 g/mol. The molecule has 2 amide bonds. The van der Waals surface area contributed by atoms with Gasteiger partial charge in [-0.2, -0.15) is 4.31 Å². The summed E-state index contributed by atoms with van der Waals surface area (Å²) >= 11 is 0. The van der Waals surface area contributed by atoms with E-state index in [1.807, 2.05) is 6.92 Å². The second kappa shape index (κ2) is 9.88. The molecule has 0 saturated carbocycles. The highest BCUT2D eigenvalue weighted by Gasteiger charge is 2.49. The number of nitrogens with zero attached hydrogens (tertiary/aromatic N) is 2. The fourth-order valence-electron chi connectivity index (χ4n) is 3.70. The lowest BCUT2D eigenvalue weighted by molar-refractivity contribution is -0.153. The van der Waals surface area contributed by atoms with Gasteiger partial charge in [0.1, 0.15) is 17.1 Å². The van der Waals surface area contributed by atoms with Gasteiger partial charge in [-0.3, -0.25) is 9.59 Å². The Labute approximate surface area is 193 Å². The molecule has 2 aromatic rings. The first-order valence-corrected chi connectivity index (χ1v) is 12.4. The average Bonchev–Trinajstić information content (AvgIpc) is 2.76. The minimum atomic E-state index is -3.70. The van der Waals surface area contributed by atoms with Gasteiger partial charge >= 0.3 is 0 Å². The van der Waals surface area contributed by atoms with Crippen molar-refractivity contribution in [2.24, 2.45) is 0 Å². The second-order valence-electron chi connectivity index (χ2n) is 8.17. The molecule has 0 bridgehead atoms. The number of nitrogens with one attached hydrogen (secondary N) is 1. The summed E-state index contributed by atoms with van der Waals surface area (Å²) in [4.78, 5) is 27.7. The van der Waals surface area contributed by atoms with E-state index in [1.165, 1.54) is 17.0 Å². The Balaban J connectivity index is 1.85. The number of hydrogen-bond acceptors (Lipinski definition) is 5. The van der Waals surface area contributed by atoms with Crippen molar-refractivity contribution in [2.45, 2.75) is 32.5 Å². The lowest BCUT2D eigenvalue weighted by atomic mass is 9.94. The van der Waals surface area contributed by atoms with Gasteiger partial charge in [0, 0.05) is 19.6 Å². The normalized spacial score (nSPS) is 19.4. The molecule has 0 unspecified atom stereocenters. The molecule has 1 heterocycles. The van der Waals surface area contributed by atoms with Gasteiger partial charge in [-0.15, -0.1) is 0 Å². The van der Waals surface area contributed by atoms with E-state index in [0.29, 0.717) is 17.9 Å². The molecule has 33 heavy (non-hydrogen) atoms. The summed E-state index contributed by atoms with van der Waals surface area (Å²) in [5.74, 6) is -0.672. The fourth-order valence-corrected chi connectivity index (χ4v) is 4.53. The lowest BCUT2D eigenvalue weighted by Gasteiger charge is -2.46. The van der Waals surface area contributed by atoms with Gasteiger partial charge in [-0.05, 0) is 49.2 Å². The molecule has 0 aromatic heterocycles. The zero-order chi connectivity index (χ0) is 24.2. The highest BCUT2D eigenvalue weighted by atomic mass is 32.2. The number of piperazine rings is 1. The van der Waals surface area contributed by atoms with E-state index in [4.69, 9.17) is 4.74 Å². The number of ether oxygens (including phenoxy) is 1. The van der Waals surface area contributed by atoms with Crippen molar-refractivity contribution in [2.75, 3.05) is 26.0 Å². The first-order valence-electron chi connectivity index (χ1n) is 10.5. The van der Waals surface area contributed by atoms with E-state index in [0.717, 1.165) is 16.1 Å². The maximum Gasteiger partial charge on any atom is 0.247 e. The third kappa shape index (κ3) is 5.88. The lowest BCUT2D eigenvalue weighted by Crippen LogP contribution is -2.69. The Bertz CT molecular complexity index is 1110. The Morgan fingerprint density at radius 3 is 2.30 bits per heavy atom. The molecule has 10 heteroatoms. The summed E-state index contributed by atoms with van der Waals surface area (Å²) in [6.45, 7) is 3.68. The first kappa shape index (κ1) is 24.7. The van der Waals surface area contributed by atoms with E-state index in [2.05, 4.69) is 5.32 Å². The number of benzene rings is 2. The van der Waals surface area contributed by atoms with Gasteiger partial charge in [0.25, 0.3) is 0 Å². The quantitative estimate of drug-likeness (QED) is 0.627. The van der Waals surface area contributed by atoms with Crippen LogP contribution in [0.25, 0.3) is 0 Å². The van der Waals surface area contributed by atoms with Gasteiger partial charge < -0.3 is 15.0 Å². The van der Waals surface area contributed by atoms with Crippen LogP contribution in [0.2, 0.25) is 0 Å². The number of rotatable bonds is 8. The fraction of sp³-hybridized carbons (Fsp3) is 0.391. The Morgan fingerprint density at radius 1 is 1.12 bits per heavy atom. The zero-order valence-electron chi connectivity index (χ0n) is 18.9. The summed E-state index contributed by atoms with van der Waals surface area (Å²) in [7, 11) is -3.70. The Morgan fingerprint density at radius 2 is 1.73 bits per heavy atom. The molecule has 1 aliphatic rings. The van der Waals surface area contributed by atoms with Crippen molar-refractivity contribution in [1.82, 2.24) is 14.5 Å². The van der Waals surface area contributed by atoms with Crippen LogP contribution in [0.5, 0.6) is 5.75 Å². The largest absolute Gasteiger partial charge is 0.494 e. The molecule has 8 nitrogen and oxygen atoms in total. The summed E-state index contributed by atoms with van der Waals surface area (Å²) in [5, 5.41) is 2.77. The van der Waals surface area contributed by atoms with Crippen LogP contribution < -0.4 is 10.1 Å². The summed E-state index contributed by atoms with van der Waals surface area (Å²) in [5.41, 5.74) is 0.00232. The molecule has 1 atom stereocenters. The topological polar surface area (TPSA) is 96.0 Å². The monoisotopic (exact) mass is 477 g/mol. The van der Waals surface area contributed by atoms with Crippen LogP contribution in [0, 0.1) is 5.82 Å². The highest BCUT2D eigenvalue weighted by molar-refractivity contribution is 7.88. The van der Waals surface area contributed by atoms with Gasteiger partial charge in [0.15, 0.2) is 0 Å². The third-order valence-electron chi connectivity index (χ3n) is 5.59. The van der Waals surface area contributed by atoms with Crippen LogP contribution in [0.4, 0.5) is 4.39 Å². The molecule has 0 aliphatic carbocycles. The van der Waals surface area contributed by atoms with E-state index in [9.17, 15) is 22.4 Å². The van der Waals surface area contributed by atoms with Crippen molar-refractivity contribution in [3.8, 4) is 5.75 Å². The van der Waals surface area contributed by atoms with Gasteiger partial charge in [-0.25, -0.2) is 12.8 Å². The van der Waals surface area contributed by atoms with Crippen molar-refractivity contribution in [3.05, 3.63) is 65.5 Å². The van der Waals surface area contributed by atoms with Crippen molar-refractivity contribution >= 4 is 21.8 Å². The molecule has 1 saturated heterocycles. The molecule has 1 aliphatic heterocycles. The molecular formula is C23H28FN3O5S. The SMILES string of the molecule is CCOc1ccc(CN2C(=O)CN(S(C)(=O)=O)C[C@@]2(C)C(=O)NCc2ccc(F)cc2)cc1. The smallest absolute Gasteiger partial charge is 0.247 e. The van der Waals surface area contributed by atoms with Crippen LogP contribution in [0.1, 0.15) is 25.0 Å². The third-order valence-corrected chi connectivity index (χ3v) is 6.79. The number of halogens is 1. The van der Waals surface area contributed by atoms with Crippen LogP contribution >= 0.6 is 0 Å². The van der Waals surface area contributed by atoms with Crippen LogP contribution in [-0.2, 0) is 32.7 Å².